The number of carbonyl (C=O) groups is 2. The Hall–Kier alpha value is -3.97. The van der Waals surface area contributed by atoms with Crippen LogP contribution < -0.4 is 15.4 Å². The number of nitrogens with zero attached hydrogens (tertiary/aromatic N) is 1. The Morgan fingerprint density at radius 3 is 2.49 bits per heavy atom. The molecule has 0 spiro atoms. The molecule has 2 amide bonds. The van der Waals surface area contributed by atoms with Crippen molar-refractivity contribution in [3.63, 3.8) is 0 Å². The van der Waals surface area contributed by atoms with E-state index in [-0.39, 0.29) is 22.7 Å². The van der Waals surface area contributed by atoms with Crippen molar-refractivity contribution in [2.75, 3.05) is 6.61 Å². The summed E-state index contributed by atoms with van der Waals surface area (Å²) in [5, 5.41) is 14.8. The number of carboxylic acids is 1. The maximum Gasteiger partial charge on any atom is 0.461 e. The zero-order valence-electron chi connectivity index (χ0n) is 22.4. The van der Waals surface area contributed by atoms with Crippen molar-refractivity contribution < 1.29 is 46.1 Å². The molecule has 1 heterocycles. The number of halogens is 6. The molecular formula is C29H27ClF5N3O5. The SMILES string of the molecule is O=C(O)CO[C@@H]1CCC[C@H]1NC(=O)N[C@@](Cc1ccccc1)(c1cc(F)cc(OC(F)(F)C(F)F)c1)c1ccc(Cl)cn1. The highest BCUT2D eigenvalue weighted by atomic mass is 35.5. The van der Waals surface area contributed by atoms with Crippen molar-refractivity contribution in [3.05, 3.63) is 94.5 Å². The summed E-state index contributed by atoms with van der Waals surface area (Å²) < 4.78 is 78.1. The summed E-state index contributed by atoms with van der Waals surface area (Å²) in [7, 11) is 0. The van der Waals surface area contributed by atoms with Gasteiger partial charge in [-0.15, -0.1) is 0 Å². The van der Waals surface area contributed by atoms with E-state index in [0.29, 0.717) is 30.9 Å². The van der Waals surface area contributed by atoms with Crippen LogP contribution in [0.5, 0.6) is 5.75 Å². The Bertz CT molecular complexity index is 1420. The lowest BCUT2D eigenvalue weighted by atomic mass is 9.80. The zero-order valence-corrected chi connectivity index (χ0v) is 23.2. The van der Waals surface area contributed by atoms with Crippen molar-refractivity contribution in [2.24, 2.45) is 0 Å². The fourth-order valence-electron chi connectivity index (χ4n) is 4.99. The highest BCUT2D eigenvalue weighted by Crippen LogP contribution is 2.37. The van der Waals surface area contributed by atoms with E-state index in [4.69, 9.17) is 21.4 Å². The van der Waals surface area contributed by atoms with Gasteiger partial charge in [0.2, 0.25) is 0 Å². The molecule has 230 valence electrons. The van der Waals surface area contributed by atoms with Gasteiger partial charge in [0.05, 0.1) is 22.9 Å². The molecule has 3 atom stereocenters. The van der Waals surface area contributed by atoms with Gasteiger partial charge in [0.1, 0.15) is 23.7 Å². The first-order valence-corrected chi connectivity index (χ1v) is 13.5. The van der Waals surface area contributed by atoms with Gasteiger partial charge >= 0.3 is 24.5 Å². The second-order valence-corrected chi connectivity index (χ2v) is 10.4. The molecular weight excluding hydrogens is 601 g/mol. The lowest BCUT2D eigenvalue weighted by Crippen LogP contribution is -2.55. The van der Waals surface area contributed by atoms with Crippen molar-refractivity contribution in [3.8, 4) is 5.75 Å². The van der Waals surface area contributed by atoms with E-state index < -0.39 is 60.4 Å². The summed E-state index contributed by atoms with van der Waals surface area (Å²) in [6, 6.07) is 12.5. The van der Waals surface area contributed by atoms with Crippen molar-refractivity contribution >= 4 is 23.6 Å². The van der Waals surface area contributed by atoms with E-state index >= 15 is 0 Å². The smallest absolute Gasteiger partial charge is 0.461 e. The Morgan fingerprint density at radius 1 is 1.09 bits per heavy atom. The molecule has 43 heavy (non-hydrogen) atoms. The number of hydrogen-bond acceptors (Lipinski definition) is 5. The van der Waals surface area contributed by atoms with Crippen molar-refractivity contribution in [1.29, 1.82) is 0 Å². The van der Waals surface area contributed by atoms with E-state index in [2.05, 4.69) is 20.4 Å². The second-order valence-electron chi connectivity index (χ2n) is 9.95. The zero-order chi connectivity index (χ0) is 31.2. The summed E-state index contributed by atoms with van der Waals surface area (Å²) in [4.78, 5) is 28.9. The molecule has 2 aromatic carbocycles. The van der Waals surface area contributed by atoms with Crippen LogP contribution in [-0.4, -0.2) is 53.4 Å². The van der Waals surface area contributed by atoms with Crippen LogP contribution in [0, 0.1) is 5.82 Å². The standard InChI is InChI=1S/C29H27ClF5N3O5/c30-19-9-10-24(36-15-19)28(14-17-5-2-1-3-6-17,18-11-20(31)13-21(12-18)43-29(34,35)26(32)33)38-27(41)37-22-7-4-8-23(22)42-16-25(39)40/h1-3,5-6,9-13,15,22-23,26H,4,7-8,14,16H2,(H,39,40)(H2,37,38,41)/t22-,23-,28+/m1/s1. The molecule has 3 N–H and O–H groups in total. The molecule has 0 saturated heterocycles. The molecule has 4 rings (SSSR count). The Kier molecular flexibility index (Phi) is 10.1. The molecule has 1 saturated carbocycles. The van der Waals surface area contributed by atoms with Crippen LogP contribution in [0.25, 0.3) is 0 Å². The number of pyridine rings is 1. The number of benzene rings is 2. The summed E-state index contributed by atoms with van der Waals surface area (Å²) >= 11 is 6.06. The number of aromatic nitrogens is 1. The van der Waals surface area contributed by atoms with Gasteiger partial charge in [-0.1, -0.05) is 41.9 Å². The van der Waals surface area contributed by atoms with Crippen molar-refractivity contribution in [1.82, 2.24) is 15.6 Å². The molecule has 0 bridgehead atoms. The molecule has 0 aliphatic heterocycles. The number of urea groups is 1. The number of amides is 2. The molecule has 1 aliphatic carbocycles. The van der Waals surface area contributed by atoms with Gasteiger partial charge < -0.3 is 25.2 Å². The number of nitrogens with one attached hydrogen (secondary N) is 2. The van der Waals surface area contributed by atoms with Crippen LogP contribution in [-0.2, 0) is 21.5 Å². The van der Waals surface area contributed by atoms with E-state index in [1.165, 1.54) is 18.3 Å². The highest BCUT2D eigenvalue weighted by molar-refractivity contribution is 6.30. The number of ether oxygens (including phenoxy) is 2. The van der Waals surface area contributed by atoms with Crippen LogP contribution in [0.1, 0.15) is 36.1 Å². The van der Waals surface area contributed by atoms with Gasteiger partial charge in [-0.05, 0) is 54.7 Å². The molecule has 1 fully saturated rings. The molecule has 1 aromatic heterocycles. The van der Waals surface area contributed by atoms with Gasteiger partial charge in [-0.3, -0.25) is 4.98 Å². The summed E-state index contributed by atoms with van der Waals surface area (Å²) in [6.45, 7) is -0.563. The average molecular weight is 628 g/mol. The number of hydrogen-bond donors (Lipinski definition) is 3. The molecule has 14 heteroatoms. The second kappa shape index (κ2) is 13.6. The number of aliphatic carboxylic acids is 1. The number of alkyl halides is 4. The first-order chi connectivity index (χ1) is 20.4. The molecule has 0 unspecified atom stereocenters. The summed E-state index contributed by atoms with van der Waals surface area (Å²) in [6.07, 6.45) is -6.94. The first-order valence-electron chi connectivity index (χ1n) is 13.1. The summed E-state index contributed by atoms with van der Waals surface area (Å²) in [5.74, 6) is -3.19. The third-order valence-electron chi connectivity index (χ3n) is 6.87. The lowest BCUT2D eigenvalue weighted by Gasteiger charge is -2.36. The molecule has 1 aliphatic rings. The van der Waals surface area contributed by atoms with Gasteiger partial charge in [-0.25, -0.2) is 14.0 Å². The van der Waals surface area contributed by atoms with Gasteiger partial charge in [0.15, 0.2) is 0 Å². The minimum atomic E-state index is -4.93. The minimum Gasteiger partial charge on any atom is -0.480 e. The molecule has 3 aromatic rings. The normalized spacial score (nSPS) is 18.2. The van der Waals surface area contributed by atoms with Crippen LogP contribution in [0.3, 0.4) is 0 Å². The summed E-state index contributed by atoms with van der Waals surface area (Å²) in [5.41, 5.74) is -1.22. The maximum atomic E-state index is 15.0. The quantitative estimate of drug-likeness (QED) is 0.215. The monoisotopic (exact) mass is 627 g/mol. The maximum absolute atomic E-state index is 15.0. The van der Waals surface area contributed by atoms with Gasteiger partial charge in [0, 0.05) is 18.7 Å². The largest absolute Gasteiger partial charge is 0.480 e. The third-order valence-corrected chi connectivity index (χ3v) is 7.09. The van der Waals surface area contributed by atoms with Gasteiger partial charge in [0.25, 0.3) is 0 Å². The van der Waals surface area contributed by atoms with Crippen LogP contribution in [0.4, 0.5) is 26.7 Å². The number of carboxylic acid groups (broad SMARTS) is 1. The molecule has 0 radical (unpaired) electrons. The van der Waals surface area contributed by atoms with Crippen LogP contribution in [0.2, 0.25) is 5.02 Å². The van der Waals surface area contributed by atoms with Crippen LogP contribution >= 0.6 is 11.6 Å². The van der Waals surface area contributed by atoms with Gasteiger partial charge in [-0.2, -0.15) is 17.6 Å². The van der Waals surface area contributed by atoms with E-state index in [1.54, 1.807) is 30.3 Å². The fraction of sp³-hybridized carbons (Fsp3) is 0.345. The van der Waals surface area contributed by atoms with E-state index in [9.17, 15) is 31.5 Å². The Labute approximate surface area is 248 Å². The van der Waals surface area contributed by atoms with Crippen LogP contribution in [0.15, 0.2) is 66.9 Å². The first kappa shape index (κ1) is 32.0. The molecule has 8 nitrogen and oxygen atoms in total. The number of carbonyl (C=O) groups excluding carboxylic acids is 1. The average Bonchev–Trinajstić information content (AvgIpc) is 3.38. The minimum absolute atomic E-state index is 0.104. The highest BCUT2D eigenvalue weighted by Gasteiger charge is 2.45. The third kappa shape index (κ3) is 8.11. The van der Waals surface area contributed by atoms with E-state index in [1.807, 2.05) is 0 Å². The predicted molar refractivity (Wildman–Crippen MR) is 145 cm³/mol. The topological polar surface area (TPSA) is 110 Å². The Balaban J connectivity index is 1.80. The predicted octanol–water partition coefficient (Wildman–Crippen LogP) is 5.92. The lowest BCUT2D eigenvalue weighted by molar-refractivity contribution is -0.253. The van der Waals surface area contributed by atoms with Crippen molar-refractivity contribution in [2.45, 2.75) is 55.9 Å². The number of rotatable bonds is 12. The fourth-order valence-corrected chi connectivity index (χ4v) is 5.10. The van der Waals surface area contributed by atoms with E-state index in [0.717, 1.165) is 12.1 Å². The Morgan fingerprint density at radius 2 is 1.84 bits per heavy atom.